The van der Waals surface area contributed by atoms with E-state index in [1.165, 1.54) is 33.6 Å². The molecule has 0 aliphatic carbocycles. The van der Waals surface area contributed by atoms with Crippen LogP contribution in [-0.4, -0.2) is 11.5 Å². The molecule has 1 aliphatic heterocycles. The lowest BCUT2D eigenvalue weighted by atomic mass is 9.95. The highest BCUT2D eigenvalue weighted by molar-refractivity contribution is 7.18. The quantitative estimate of drug-likeness (QED) is 0.876. The van der Waals surface area contributed by atoms with Crippen LogP contribution < -0.4 is 5.32 Å². The Kier molecular flexibility index (Phi) is 2.68. The summed E-state index contributed by atoms with van der Waals surface area (Å²) in [5.74, 6) is 0. The molecule has 90 valence electrons. The Labute approximate surface area is 106 Å². The van der Waals surface area contributed by atoms with Gasteiger partial charge in [-0.15, -0.1) is 11.3 Å². The zero-order valence-electron chi connectivity index (χ0n) is 10.4. The normalized spacial score (nSPS) is 24.6. The van der Waals surface area contributed by atoms with Crippen LogP contribution in [0.4, 0.5) is 0 Å². The average molecular weight is 246 g/mol. The summed E-state index contributed by atoms with van der Waals surface area (Å²) in [4.78, 5) is 4.89. The molecule has 1 aromatic heterocycles. The molecule has 0 bridgehead atoms. The van der Waals surface area contributed by atoms with E-state index in [0.29, 0.717) is 0 Å². The minimum Gasteiger partial charge on any atom is -0.305 e. The van der Waals surface area contributed by atoms with Crippen molar-refractivity contribution in [3.63, 3.8) is 0 Å². The Hall–Kier alpha value is -0.930. The zero-order chi connectivity index (χ0) is 11.9. The molecule has 1 fully saturated rings. The number of nitrogens with zero attached hydrogens (tertiary/aromatic N) is 1. The van der Waals surface area contributed by atoms with Crippen LogP contribution in [0.1, 0.15) is 36.8 Å². The van der Waals surface area contributed by atoms with Gasteiger partial charge in [-0.05, 0) is 44.4 Å². The van der Waals surface area contributed by atoms with Crippen LogP contribution in [0.3, 0.4) is 0 Å². The van der Waals surface area contributed by atoms with Crippen molar-refractivity contribution < 1.29 is 0 Å². The maximum atomic E-state index is 4.89. The summed E-state index contributed by atoms with van der Waals surface area (Å²) >= 11 is 1.86. The van der Waals surface area contributed by atoms with Gasteiger partial charge in [-0.3, -0.25) is 0 Å². The smallest absolute Gasteiger partial charge is 0.114 e. The Morgan fingerprint density at radius 3 is 3.00 bits per heavy atom. The molecule has 1 unspecified atom stereocenters. The highest BCUT2D eigenvalue weighted by Crippen LogP contribution is 2.38. The van der Waals surface area contributed by atoms with Gasteiger partial charge in [0.25, 0.3) is 0 Å². The van der Waals surface area contributed by atoms with Gasteiger partial charge in [-0.2, -0.15) is 0 Å². The van der Waals surface area contributed by atoms with Gasteiger partial charge < -0.3 is 5.32 Å². The molecule has 3 rings (SSSR count). The van der Waals surface area contributed by atoms with E-state index < -0.39 is 0 Å². The van der Waals surface area contributed by atoms with E-state index in [1.807, 2.05) is 11.3 Å². The molecule has 3 heteroatoms. The van der Waals surface area contributed by atoms with Gasteiger partial charge in [0.05, 0.1) is 15.8 Å². The number of nitrogens with one attached hydrogen (secondary N) is 1. The van der Waals surface area contributed by atoms with Gasteiger partial charge >= 0.3 is 0 Å². The molecular weight excluding hydrogens is 228 g/mol. The van der Waals surface area contributed by atoms with Crippen molar-refractivity contribution in [1.82, 2.24) is 10.3 Å². The van der Waals surface area contributed by atoms with Gasteiger partial charge in [0.1, 0.15) is 5.01 Å². The lowest BCUT2D eigenvalue weighted by Gasteiger charge is -2.25. The zero-order valence-corrected chi connectivity index (χ0v) is 11.2. The van der Waals surface area contributed by atoms with E-state index in [9.17, 15) is 0 Å². The fraction of sp³-hybridized carbons (Fsp3) is 0.500. The molecule has 2 aromatic rings. The number of aromatic nitrogens is 1. The summed E-state index contributed by atoms with van der Waals surface area (Å²) in [5.41, 5.74) is 2.62. The first-order valence-corrected chi connectivity index (χ1v) is 7.18. The van der Waals surface area contributed by atoms with Crippen molar-refractivity contribution in [2.75, 3.05) is 6.54 Å². The molecule has 1 atom stereocenters. The number of rotatable bonds is 2. The molecule has 2 heterocycles. The molecule has 0 saturated carbocycles. The van der Waals surface area contributed by atoms with Crippen molar-refractivity contribution in [3.8, 4) is 0 Å². The van der Waals surface area contributed by atoms with Gasteiger partial charge in [0.15, 0.2) is 0 Å². The monoisotopic (exact) mass is 246 g/mol. The number of fused-ring (bicyclic) bond motifs is 1. The minimum absolute atomic E-state index is 0.149. The van der Waals surface area contributed by atoms with Crippen LogP contribution in [0.15, 0.2) is 18.2 Å². The van der Waals surface area contributed by atoms with Crippen LogP contribution in [0.5, 0.6) is 0 Å². The van der Waals surface area contributed by atoms with E-state index in [2.05, 4.69) is 37.4 Å². The number of benzene rings is 1. The van der Waals surface area contributed by atoms with Gasteiger partial charge in [0, 0.05) is 0 Å². The van der Waals surface area contributed by atoms with Gasteiger partial charge in [-0.25, -0.2) is 4.98 Å². The van der Waals surface area contributed by atoms with Crippen LogP contribution in [0.2, 0.25) is 0 Å². The Morgan fingerprint density at radius 1 is 1.47 bits per heavy atom. The summed E-state index contributed by atoms with van der Waals surface area (Å²) in [5, 5.41) is 4.94. The Morgan fingerprint density at radius 2 is 2.35 bits per heavy atom. The van der Waals surface area contributed by atoms with Crippen LogP contribution in [-0.2, 0) is 5.54 Å². The molecule has 1 aromatic carbocycles. The summed E-state index contributed by atoms with van der Waals surface area (Å²) in [6, 6.07) is 6.45. The van der Waals surface area contributed by atoms with E-state index in [-0.39, 0.29) is 5.54 Å². The minimum atomic E-state index is 0.149. The number of thiazole rings is 1. The van der Waals surface area contributed by atoms with Gasteiger partial charge in [0.2, 0.25) is 0 Å². The summed E-state index contributed by atoms with van der Waals surface area (Å²) < 4.78 is 1.32. The lowest BCUT2D eigenvalue weighted by Crippen LogP contribution is -2.35. The summed E-state index contributed by atoms with van der Waals surface area (Å²) in [7, 11) is 0. The first-order chi connectivity index (χ1) is 8.25. The number of para-hydroxylation sites is 1. The molecule has 0 spiro atoms. The fourth-order valence-electron chi connectivity index (χ4n) is 2.73. The van der Waals surface area contributed by atoms with Crippen molar-refractivity contribution in [3.05, 3.63) is 28.8 Å². The fourth-order valence-corrected chi connectivity index (χ4v) is 4.04. The first-order valence-electron chi connectivity index (χ1n) is 6.37. The third-order valence-electron chi connectivity index (χ3n) is 3.88. The molecular formula is C14H18N2S. The van der Waals surface area contributed by atoms with Crippen LogP contribution in [0, 0.1) is 6.92 Å². The largest absolute Gasteiger partial charge is 0.305 e. The third kappa shape index (κ3) is 1.69. The van der Waals surface area contributed by atoms with Gasteiger partial charge in [-0.1, -0.05) is 19.1 Å². The van der Waals surface area contributed by atoms with E-state index in [0.717, 1.165) is 13.0 Å². The Balaban J connectivity index is 2.14. The maximum Gasteiger partial charge on any atom is 0.114 e. The number of hydrogen-bond donors (Lipinski definition) is 1. The second kappa shape index (κ2) is 4.07. The summed E-state index contributed by atoms with van der Waals surface area (Å²) in [6.45, 7) is 5.53. The molecule has 2 nitrogen and oxygen atoms in total. The molecule has 0 radical (unpaired) electrons. The number of aryl methyl sites for hydroxylation is 1. The predicted molar refractivity (Wildman–Crippen MR) is 73.6 cm³/mol. The second-order valence-corrected chi connectivity index (χ2v) is 5.94. The van der Waals surface area contributed by atoms with E-state index in [4.69, 9.17) is 4.98 Å². The van der Waals surface area contributed by atoms with E-state index >= 15 is 0 Å². The third-order valence-corrected chi connectivity index (χ3v) is 5.10. The molecule has 1 aliphatic rings. The second-order valence-electron chi connectivity index (χ2n) is 4.91. The molecule has 0 amide bonds. The Bertz CT molecular complexity index is 538. The number of hydrogen-bond acceptors (Lipinski definition) is 3. The van der Waals surface area contributed by atoms with Crippen LogP contribution in [0.25, 0.3) is 10.2 Å². The molecule has 1 N–H and O–H groups in total. The molecule has 1 saturated heterocycles. The van der Waals surface area contributed by atoms with E-state index in [1.54, 1.807) is 0 Å². The molecule has 17 heavy (non-hydrogen) atoms. The summed E-state index contributed by atoms with van der Waals surface area (Å²) in [6.07, 6.45) is 3.62. The maximum absolute atomic E-state index is 4.89. The van der Waals surface area contributed by atoms with Crippen molar-refractivity contribution in [2.24, 2.45) is 0 Å². The predicted octanol–water partition coefficient (Wildman–Crippen LogP) is 3.59. The highest BCUT2D eigenvalue weighted by atomic mass is 32.1. The average Bonchev–Trinajstić information content (AvgIpc) is 2.96. The van der Waals surface area contributed by atoms with Crippen molar-refractivity contribution in [2.45, 2.75) is 38.6 Å². The lowest BCUT2D eigenvalue weighted by molar-refractivity contribution is 0.375. The standard InChI is InChI=1S/C14H18N2S/c1-3-14(8-5-9-15-14)13-16-12-10(2)6-4-7-11(12)17-13/h4,6-7,15H,3,5,8-9H2,1-2H3. The van der Waals surface area contributed by atoms with Crippen molar-refractivity contribution in [1.29, 1.82) is 0 Å². The van der Waals surface area contributed by atoms with Crippen LogP contribution >= 0.6 is 11.3 Å². The highest BCUT2D eigenvalue weighted by Gasteiger charge is 2.36. The van der Waals surface area contributed by atoms with Crippen molar-refractivity contribution >= 4 is 21.6 Å². The SMILES string of the molecule is CCC1(c2nc3c(C)cccc3s2)CCCN1. The topological polar surface area (TPSA) is 24.9 Å². The first kappa shape index (κ1) is 11.2.